The molecule has 0 N–H and O–H groups in total. The number of hydrogen-bond acceptors (Lipinski definition) is 5. The molecule has 2 aromatic carbocycles. The van der Waals surface area contributed by atoms with Gasteiger partial charge in [-0.25, -0.2) is 4.98 Å². The predicted octanol–water partition coefficient (Wildman–Crippen LogP) is 2.11. The topological polar surface area (TPSA) is 73.7 Å². The molecule has 0 bridgehead atoms. The molecule has 0 saturated carbocycles. The van der Waals surface area contributed by atoms with E-state index < -0.39 is 0 Å². The molecule has 1 amide bonds. The van der Waals surface area contributed by atoms with Crippen LogP contribution in [0, 0.1) is 0 Å². The van der Waals surface area contributed by atoms with Gasteiger partial charge in [0.1, 0.15) is 6.54 Å². The van der Waals surface area contributed by atoms with Gasteiger partial charge in [-0.3, -0.25) is 14.2 Å². The van der Waals surface area contributed by atoms with E-state index in [2.05, 4.69) is 4.98 Å². The second kappa shape index (κ2) is 8.56. The second-order valence-electron chi connectivity index (χ2n) is 6.45. The molecule has 28 heavy (non-hydrogen) atoms. The zero-order valence-electron chi connectivity index (χ0n) is 16.2. The van der Waals surface area contributed by atoms with Gasteiger partial charge in [0.05, 0.1) is 31.4 Å². The van der Waals surface area contributed by atoms with E-state index in [0.717, 1.165) is 5.56 Å². The summed E-state index contributed by atoms with van der Waals surface area (Å²) in [5.74, 6) is 1.17. The zero-order chi connectivity index (χ0) is 20.1. The van der Waals surface area contributed by atoms with Gasteiger partial charge in [0.2, 0.25) is 5.91 Å². The first kappa shape index (κ1) is 19.4. The maximum atomic E-state index is 12.5. The fourth-order valence-corrected chi connectivity index (χ4v) is 2.94. The molecule has 3 rings (SSSR count). The molecule has 7 heteroatoms. The van der Waals surface area contributed by atoms with Crippen LogP contribution in [-0.2, 0) is 17.8 Å². The number of aromatic nitrogens is 2. The molecule has 0 saturated heterocycles. The molecule has 7 nitrogen and oxygen atoms in total. The lowest BCUT2D eigenvalue weighted by molar-refractivity contribution is -0.130. The van der Waals surface area contributed by atoms with E-state index in [9.17, 15) is 9.59 Å². The van der Waals surface area contributed by atoms with Crippen LogP contribution in [-0.4, -0.2) is 48.2 Å². The van der Waals surface area contributed by atoms with Crippen LogP contribution in [0.4, 0.5) is 0 Å². The number of nitrogens with zero attached hydrogens (tertiary/aromatic N) is 3. The van der Waals surface area contributed by atoms with Crippen molar-refractivity contribution in [2.24, 2.45) is 0 Å². The number of likely N-dealkylation sites (N-methyl/N-ethyl adjacent to an activating group) is 1. The van der Waals surface area contributed by atoms with Gasteiger partial charge in [0.25, 0.3) is 5.56 Å². The van der Waals surface area contributed by atoms with Gasteiger partial charge in [0.15, 0.2) is 11.5 Å². The summed E-state index contributed by atoms with van der Waals surface area (Å²) in [6.07, 6.45) is 2.08. The summed E-state index contributed by atoms with van der Waals surface area (Å²) >= 11 is 0. The van der Waals surface area contributed by atoms with Gasteiger partial charge < -0.3 is 14.4 Å². The summed E-state index contributed by atoms with van der Waals surface area (Å²) in [4.78, 5) is 30.9. The molecule has 0 radical (unpaired) electrons. The number of fused-ring (bicyclic) bond motifs is 1. The van der Waals surface area contributed by atoms with Crippen molar-refractivity contribution in [3.05, 3.63) is 64.7 Å². The monoisotopic (exact) mass is 381 g/mol. The molecule has 1 heterocycles. The van der Waals surface area contributed by atoms with Crippen molar-refractivity contribution < 1.29 is 14.3 Å². The Morgan fingerprint density at radius 1 is 1.11 bits per heavy atom. The third-order valence-electron chi connectivity index (χ3n) is 4.65. The Morgan fingerprint density at radius 2 is 1.86 bits per heavy atom. The summed E-state index contributed by atoms with van der Waals surface area (Å²) < 4.78 is 11.9. The van der Waals surface area contributed by atoms with Crippen LogP contribution in [0.2, 0.25) is 0 Å². The third kappa shape index (κ3) is 4.14. The first-order valence-corrected chi connectivity index (χ1v) is 8.92. The van der Waals surface area contributed by atoms with E-state index in [1.54, 1.807) is 44.4 Å². The fourth-order valence-electron chi connectivity index (χ4n) is 2.94. The van der Waals surface area contributed by atoms with Gasteiger partial charge in [-0.1, -0.05) is 18.2 Å². The molecular weight excluding hydrogens is 358 g/mol. The first-order chi connectivity index (χ1) is 13.5. The standard InChI is InChI=1S/C21H23N3O4/c1-23(11-10-15-8-9-18(27-2)19(12-15)28-3)20(25)13-24-14-22-17-7-5-4-6-16(17)21(24)26/h4-9,12,14H,10-11,13H2,1-3H3. The summed E-state index contributed by atoms with van der Waals surface area (Å²) in [7, 11) is 4.91. The quantitative estimate of drug-likeness (QED) is 0.627. The van der Waals surface area contributed by atoms with Crippen LogP contribution < -0.4 is 15.0 Å². The van der Waals surface area contributed by atoms with Crippen LogP contribution in [0.5, 0.6) is 11.5 Å². The van der Waals surface area contributed by atoms with Gasteiger partial charge in [-0.15, -0.1) is 0 Å². The van der Waals surface area contributed by atoms with Crippen LogP contribution in [0.1, 0.15) is 5.56 Å². The SMILES string of the molecule is COc1ccc(CCN(C)C(=O)Cn2cnc3ccccc3c2=O)cc1OC. The van der Waals surface area contributed by atoms with Crippen molar-refractivity contribution >= 4 is 16.8 Å². The number of rotatable bonds is 7. The van der Waals surface area contributed by atoms with Crippen molar-refractivity contribution in [3.8, 4) is 11.5 Å². The largest absolute Gasteiger partial charge is 0.493 e. The first-order valence-electron chi connectivity index (χ1n) is 8.92. The van der Waals surface area contributed by atoms with Crippen LogP contribution in [0.25, 0.3) is 10.9 Å². The molecule has 1 aromatic heterocycles. The van der Waals surface area contributed by atoms with Crippen molar-refractivity contribution in [3.63, 3.8) is 0 Å². The van der Waals surface area contributed by atoms with Crippen molar-refractivity contribution in [2.75, 3.05) is 27.8 Å². The number of methoxy groups -OCH3 is 2. The van der Waals surface area contributed by atoms with Gasteiger partial charge in [0, 0.05) is 13.6 Å². The minimum Gasteiger partial charge on any atom is -0.493 e. The van der Waals surface area contributed by atoms with E-state index in [-0.39, 0.29) is 18.0 Å². The van der Waals surface area contributed by atoms with E-state index in [4.69, 9.17) is 9.47 Å². The smallest absolute Gasteiger partial charge is 0.261 e. The van der Waals surface area contributed by atoms with E-state index >= 15 is 0 Å². The van der Waals surface area contributed by atoms with Crippen LogP contribution in [0.3, 0.4) is 0 Å². The Hall–Kier alpha value is -3.35. The number of carbonyl (C=O) groups is 1. The lowest BCUT2D eigenvalue weighted by Crippen LogP contribution is -2.35. The maximum absolute atomic E-state index is 12.5. The number of para-hydroxylation sites is 1. The third-order valence-corrected chi connectivity index (χ3v) is 4.65. The molecule has 0 aliphatic rings. The molecule has 0 aliphatic heterocycles. The van der Waals surface area contributed by atoms with E-state index in [1.165, 1.54) is 10.9 Å². The van der Waals surface area contributed by atoms with Gasteiger partial charge in [-0.2, -0.15) is 0 Å². The summed E-state index contributed by atoms with van der Waals surface area (Å²) in [6, 6.07) is 12.8. The zero-order valence-corrected chi connectivity index (χ0v) is 16.2. The Kier molecular flexibility index (Phi) is 5.93. The number of benzene rings is 2. The highest BCUT2D eigenvalue weighted by molar-refractivity contribution is 5.78. The number of carbonyl (C=O) groups excluding carboxylic acids is 1. The average Bonchev–Trinajstić information content (AvgIpc) is 2.73. The van der Waals surface area contributed by atoms with Crippen molar-refractivity contribution in [1.29, 1.82) is 0 Å². The minimum absolute atomic E-state index is 0.0426. The predicted molar refractivity (Wildman–Crippen MR) is 107 cm³/mol. The Labute approximate surface area is 163 Å². The minimum atomic E-state index is -0.216. The maximum Gasteiger partial charge on any atom is 0.261 e. The number of ether oxygens (including phenoxy) is 2. The van der Waals surface area contributed by atoms with Gasteiger partial charge in [-0.05, 0) is 36.2 Å². The summed E-state index contributed by atoms with van der Waals surface area (Å²) in [5, 5.41) is 0.505. The normalized spacial score (nSPS) is 10.7. The molecule has 0 spiro atoms. The van der Waals surface area contributed by atoms with E-state index in [0.29, 0.717) is 35.4 Å². The molecular formula is C21H23N3O4. The molecule has 0 atom stereocenters. The number of amides is 1. The Balaban J connectivity index is 1.65. The molecule has 0 unspecified atom stereocenters. The summed E-state index contributed by atoms with van der Waals surface area (Å²) in [5.41, 5.74) is 1.44. The van der Waals surface area contributed by atoms with Gasteiger partial charge >= 0.3 is 0 Å². The fraction of sp³-hybridized carbons (Fsp3) is 0.286. The second-order valence-corrected chi connectivity index (χ2v) is 6.45. The van der Waals surface area contributed by atoms with Crippen molar-refractivity contribution in [1.82, 2.24) is 14.5 Å². The highest BCUT2D eigenvalue weighted by Gasteiger charge is 2.13. The number of hydrogen-bond donors (Lipinski definition) is 0. The summed E-state index contributed by atoms with van der Waals surface area (Å²) in [6.45, 7) is 0.475. The highest BCUT2D eigenvalue weighted by Crippen LogP contribution is 2.27. The van der Waals surface area contributed by atoms with E-state index in [1.807, 2.05) is 24.3 Å². The molecule has 0 aliphatic carbocycles. The van der Waals surface area contributed by atoms with Crippen molar-refractivity contribution in [2.45, 2.75) is 13.0 Å². The van der Waals surface area contributed by atoms with Crippen LogP contribution >= 0.6 is 0 Å². The van der Waals surface area contributed by atoms with Crippen LogP contribution in [0.15, 0.2) is 53.6 Å². The Bertz CT molecular complexity index is 1050. The molecule has 146 valence electrons. The lowest BCUT2D eigenvalue weighted by Gasteiger charge is -2.18. The average molecular weight is 381 g/mol. The molecule has 3 aromatic rings. The Morgan fingerprint density at radius 3 is 2.61 bits per heavy atom. The molecule has 0 fully saturated rings. The lowest BCUT2D eigenvalue weighted by atomic mass is 10.1. The highest BCUT2D eigenvalue weighted by atomic mass is 16.5.